The van der Waals surface area contributed by atoms with Crippen molar-refractivity contribution in [2.45, 2.75) is 32.1 Å². The number of hydrogen-bond acceptors (Lipinski definition) is 7. The number of benzene rings is 2. The molecule has 2 aromatic rings. The highest BCUT2D eigenvalue weighted by Crippen LogP contribution is 2.36. The van der Waals surface area contributed by atoms with Crippen molar-refractivity contribution in [3.05, 3.63) is 59.8 Å². The fraction of sp³-hybridized carbons (Fsp3) is 0.393. The number of fused-ring (bicyclic) bond motifs is 1. The predicted molar refractivity (Wildman–Crippen MR) is 137 cm³/mol. The summed E-state index contributed by atoms with van der Waals surface area (Å²) in [6.45, 7) is 3.49. The third-order valence-electron chi connectivity index (χ3n) is 6.97. The van der Waals surface area contributed by atoms with Crippen LogP contribution in [0.15, 0.2) is 64.8 Å². The maximum Gasteiger partial charge on any atom is 0.351 e. The fourth-order valence-electron chi connectivity index (χ4n) is 5.00. The van der Waals surface area contributed by atoms with E-state index >= 15 is 0 Å². The smallest absolute Gasteiger partial charge is 0.351 e. The van der Waals surface area contributed by atoms with Crippen LogP contribution in [-0.2, 0) is 9.53 Å². The Balaban J connectivity index is 1.48. The number of ether oxygens (including phenoxy) is 1. The monoisotopic (exact) mass is 469 g/mol. The lowest BCUT2D eigenvalue weighted by Gasteiger charge is -2.34. The van der Waals surface area contributed by atoms with E-state index in [-0.39, 0.29) is 5.57 Å². The minimum Gasteiger partial charge on any atom is -0.461 e. The number of aliphatic imine (C=N–C) groups is 1. The fourth-order valence-corrected chi connectivity index (χ4v) is 5.00. The molecule has 35 heavy (non-hydrogen) atoms. The second kappa shape index (κ2) is 10.7. The Morgan fingerprint density at radius 2 is 1.83 bits per heavy atom. The maximum absolute atomic E-state index is 13.1. The quantitative estimate of drug-likeness (QED) is 0.386. The number of anilines is 1. The average molecular weight is 470 g/mol. The first-order chi connectivity index (χ1) is 17.2. The molecule has 7 heteroatoms. The van der Waals surface area contributed by atoms with Gasteiger partial charge in [-0.2, -0.15) is 5.26 Å². The number of amidine groups is 1. The highest BCUT2D eigenvalue weighted by molar-refractivity contribution is 6.12. The first-order valence-corrected chi connectivity index (χ1v) is 12.6. The van der Waals surface area contributed by atoms with E-state index in [0.29, 0.717) is 24.1 Å². The molecule has 1 saturated carbocycles. The molecule has 2 heterocycles. The van der Waals surface area contributed by atoms with Crippen LogP contribution in [0.25, 0.3) is 11.1 Å². The van der Waals surface area contributed by atoms with E-state index in [1.54, 1.807) is 0 Å². The third-order valence-corrected chi connectivity index (χ3v) is 6.97. The van der Waals surface area contributed by atoms with Crippen molar-refractivity contribution >= 4 is 23.2 Å². The van der Waals surface area contributed by atoms with Gasteiger partial charge in [-0.25, -0.2) is 9.79 Å². The van der Waals surface area contributed by atoms with Crippen LogP contribution in [0.4, 0.5) is 11.4 Å². The van der Waals surface area contributed by atoms with Crippen molar-refractivity contribution in [1.29, 1.82) is 5.26 Å². The SMILES string of the molecule is N#CC(C(=O)OCC1CCCCC1)=C1Nc2ccc(-c3ccccc3)cc2N=C1N1CCNCC1. The highest BCUT2D eigenvalue weighted by Gasteiger charge is 2.30. The molecular weight excluding hydrogens is 438 g/mol. The first-order valence-electron chi connectivity index (χ1n) is 12.6. The molecule has 0 spiro atoms. The summed E-state index contributed by atoms with van der Waals surface area (Å²) in [5.74, 6) is 0.429. The van der Waals surface area contributed by atoms with Crippen molar-refractivity contribution in [3.63, 3.8) is 0 Å². The van der Waals surface area contributed by atoms with Crippen molar-refractivity contribution in [3.8, 4) is 17.2 Å². The van der Waals surface area contributed by atoms with Gasteiger partial charge in [0.15, 0.2) is 11.4 Å². The number of carbonyl (C=O) groups excluding carboxylic acids is 1. The van der Waals surface area contributed by atoms with Crippen molar-refractivity contribution in [2.24, 2.45) is 10.9 Å². The number of nitrogens with zero attached hydrogens (tertiary/aromatic N) is 3. The Bertz CT molecular complexity index is 1170. The molecule has 0 atom stereocenters. The molecule has 180 valence electrons. The van der Waals surface area contributed by atoms with Gasteiger partial charge >= 0.3 is 5.97 Å². The zero-order valence-corrected chi connectivity index (χ0v) is 19.9. The molecule has 0 aromatic heterocycles. The van der Waals surface area contributed by atoms with E-state index in [1.165, 1.54) is 19.3 Å². The van der Waals surface area contributed by atoms with Gasteiger partial charge in [-0.15, -0.1) is 0 Å². The van der Waals surface area contributed by atoms with Crippen LogP contribution in [0.5, 0.6) is 0 Å². The Labute approximate surface area is 206 Å². The van der Waals surface area contributed by atoms with E-state index in [4.69, 9.17) is 9.73 Å². The van der Waals surface area contributed by atoms with E-state index in [0.717, 1.165) is 61.5 Å². The molecule has 1 aliphatic carbocycles. The zero-order chi connectivity index (χ0) is 24.0. The van der Waals surface area contributed by atoms with Gasteiger partial charge in [0.2, 0.25) is 0 Å². The Morgan fingerprint density at radius 1 is 1.06 bits per heavy atom. The maximum atomic E-state index is 13.1. The summed E-state index contributed by atoms with van der Waals surface area (Å²) in [5.41, 5.74) is 4.15. The molecule has 2 aromatic carbocycles. The number of nitriles is 1. The zero-order valence-electron chi connectivity index (χ0n) is 19.9. The lowest BCUT2D eigenvalue weighted by atomic mass is 9.90. The molecule has 2 aliphatic heterocycles. The van der Waals surface area contributed by atoms with Gasteiger partial charge < -0.3 is 20.3 Å². The van der Waals surface area contributed by atoms with Crippen LogP contribution in [0.1, 0.15) is 32.1 Å². The summed E-state index contributed by atoms with van der Waals surface area (Å²) in [7, 11) is 0. The van der Waals surface area contributed by atoms with Crippen LogP contribution in [0.2, 0.25) is 0 Å². The summed E-state index contributed by atoms with van der Waals surface area (Å²) in [4.78, 5) is 20.2. The van der Waals surface area contributed by atoms with E-state index in [9.17, 15) is 10.1 Å². The Hall–Kier alpha value is -3.63. The predicted octanol–water partition coefficient (Wildman–Crippen LogP) is 4.62. The van der Waals surface area contributed by atoms with E-state index in [1.807, 2.05) is 36.4 Å². The Kier molecular flexibility index (Phi) is 7.10. The van der Waals surface area contributed by atoms with Crippen LogP contribution < -0.4 is 10.6 Å². The van der Waals surface area contributed by atoms with Gasteiger partial charge in [-0.05, 0) is 42.0 Å². The van der Waals surface area contributed by atoms with Gasteiger partial charge in [0.05, 0.1) is 18.0 Å². The number of piperazine rings is 1. The molecule has 3 aliphatic rings. The molecule has 0 unspecified atom stereocenters. The molecule has 2 N–H and O–H groups in total. The second-order valence-electron chi connectivity index (χ2n) is 9.36. The topological polar surface area (TPSA) is 89.8 Å². The van der Waals surface area contributed by atoms with Crippen LogP contribution in [0.3, 0.4) is 0 Å². The highest BCUT2D eigenvalue weighted by atomic mass is 16.5. The van der Waals surface area contributed by atoms with Gasteiger partial charge in [-0.3, -0.25) is 0 Å². The number of nitrogens with one attached hydrogen (secondary N) is 2. The molecular formula is C28H31N5O2. The van der Waals surface area contributed by atoms with Crippen molar-refractivity contribution < 1.29 is 9.53 Å². The summed E-state index contributed by atoms with van der Waals surface area (Å²) >= 11 is 0. The van der Waals surface area contributed by atoms with Crippen LogP contribution >= 0.6 is 0 Å². The number of rotatable bonds is 4. The lowest BCUT2D eigenvalue weighted by Crippen LogP contribution is -2.48. The molecule has 1 saturated heterocycles. The Morgan fingerprint density at radius 3 is 2.57 bits per heavy atom. The summed E-state index contributed by atoms with van der Waals surface area (Å²) < 4.78 is 5.64. The second-order valence-corrected chi connectivity index (χ2v) is 9.36. The largest absolute Gasteiger partial charge is 0.461 e. The average Bonchev–Trinajstić information content (AvgIpc) is 2.93. The van der Waals surface area contributed by atoms with E-state index < -0.39 is 5.97 Å². The molecule has 7 nitrogen and oxygen atoms in total. The normalized spacial score (nSPS) is 19.6. The molecule has 0 radical (unpaired) electrons. The number of carbonyl (C=O) groups is 1. The van der Waals surface area contributed by atoms with Crippen LogP contribution in [-0.4, -0.2) is 49.5 Å². The van der Waals surface area contributed by atoms with Gasteiger partial charge in [-0.1, -0.05) is 55.7 Å². The molecule has 0 amide bonds. The summed E-state index contributed by atoms with van der Waals surface area (Å²) in [6, 6.07) is 18.3. The molecule has 0 bridgehead atoms. The molecule has 2 fully saturated rings. The standard InChI is InChI=1S/C28H31N5O2/c29-18-23(28(34)35-19-20-7-3-1-4-8-20)26-27(33-15-13-30-14-16-33)32-25-17-22(11-12-24(25)31-26)21-9-5-2-6-10-21/h2,5-6,9-12,17,20,30-31H,1,3-4,7-8,13-16,19H2. The first kappa shape index (κ1) is 23.1. The minimum absolute atomic E-state index is 0.0177. The molecule has 5 rings (SSSR count). The van der Waals surface area contributed by atoms with Crippen molar-refractivity contribution in [1.82, 2.24) is 10.2 Å². The lowest BCUT2D eigenvalue weighted by molar-refractivity contribution is -0.140. The minimum atomic E-state index is -0.576. The summed E-state index contributed by atoms with van der Waals surface area (Å²) in [6.07, 6.45) is 5.76. The van der Waals surface area contributed by atoms with Gasteiger partial charge in [0, 0.05) is 26.2 Å². The number of esters is 1. The van der Waals surface area contributed by atoms with Crippen LogP contribution in [0, 0.1) is 17.2 Å². The number of hydrogen-bond donors (Lipinski definition) is 2. The van der Waals surface area contributed by atoms with Gasteiger partial charge in [0.1, 0.15) is 11.8 Å². The summed E-state index contributed by atoms with van der Waals surface area (Å²) in [5, 5.41) is 16.7. The third kappa shape index (κ3) is 5.23. The van der Waals surface area contributed by atoms with Crippen molar-refractivity contribution in [2.75, 3.05) is 38.1 Å². The van der Waals surface area contributed by atoms with E-state index in [2.05, 4.69) is 33.7 Å². The van der Waals surface area contributed by atoms with Gasteiger partial charge in [0.25, 0.3) is 0 Å².